The zero-order valence-corrected chi connectivity index (χ0v) is 15.6. The fourth-order valence-corrected chi connectivity index (χ4v) is 3.78. The van der Waals surface area contributed by atoms with E-state index in [1.807, 2.05) is 67.8 Å². The van der Waals surface area contributed by atoms with Crippen LogP contribution in [-0.4, -0.2) is 20.5 Å². The maximum atomic E-state index is 12.3. The van der Waals surface area contributed by atoms with Crippen LogP contribution in [0, 0.1) is 20.8 Å². The van der Waals surface area contributed by atoms with E-state index in [4.69, 9.17) is 0 Å². The van der Waals surface area contributed by atoms with Gasteiger partial charge in [-0.1, -0.05) is 23.8 Å². The smallest absolute Gasteiger partial charge is 0.264 e. The maximum Gasteiger partial charge on any atom is 0.264 e. The first-order valence-electron chi connectivity index (χ1n) is 8.32. The van der Waals surface area contributed by atoms with Crippen LogP contribution < -0.4 is 5.32 Å². The van der Waals surface area contributed by atoms with Gasteiger partial charge in [0.25, 0.3) is 5.91 Å². The van der Waals surface area contributed by atoms with Gasteiger partial charge in [0.2, 0.25) is 0 Å². The van der Waals surface area contributed by atoms with Crippen molar-refractivity contribution in [3.05, 3.63) is 70.1 Å². The van der Waals surface area contributed by atoms with Crippen LogP contribution in [0.1, 0.15) is 22.6 Å². The maximum absolute atomic E-state index is 12.3. The second-order valence-corrected chi connectivity index (χ2v) is 7.30. The molecule has 1 N–H and O–H groups in total. The Morgan fingerprint density at radius 1 is 1.19 bits per heavy atom. The number of imidazole rings is 1. The number of aryl methyl sites for hydroxylation is 3. The zero-order chi connectivity index (χ0) is 18.3. The Morgan fingerprint density at radius 3 is 2.85 bits per heavy atom. The molecule has 1 fully saturated rings. The minimum Gasteiger partial charge on any atom is -0.303 e. The molecule has 2 aromatic heterocycles. The third-order valence-corrected chi connectivity index (χ3v) is 5.16. The standard InChI is InChI=1S/C20H18N4OS/c1-12-7-8-15(13(2)10-12)22-20-23-19(25)18(26-20)11-16-17-6-4-5-9-24(17)14(3)21-16/h4-11H,1-3H3,(H,22,23,25)/b18-11-. The number of hydrogen-bond acceptors (Lipinski definition) is 4. The van der Waals surface area contributed by atoms with Crippen LogP contribution >= 0.6 is 11.8 Å². The molecular formula is C20H18N4OS. The van der Waals surface area contributed by atoms with Gasteiger partial charge >= 0.3 is 0 Å². The highest BCUT2D eigenvalue weighted by Gasteiger charge is 2.24. The number of rotatable bonds is 2. The summed E-state index contributed by atoms with van der Waals surface area (Å²) in [5, 5.41) is 3.43. The summed E-state index contributed by atoms with van der Waals surface area (Å²) in [4.78, 5) is 22.1. The summed E-state index contributed by atoms with van der Waals surface area (Å²) in [5.41, 5.74) is 4.90. The number of benzene rings is 1. The summed E-state index contributed by atoms with van der Waals surface area (Å²) in [7, 11) is 0. The van der Waals surface area contributed by atoms with Crippen molar-refractivity contribution < 1.29 is 4.79 Å². The van der Waals surface area contributed by atoms with Crippen molar-refractivity contribution >= 4 is 40.1 Å². The van der Waals surface area contributed by atoms with Crippen LogP contribution in [0.15, 0.2) is 52.5 Å². The lowest BCUT2D eigenvalue weighted by molar-refractivity contribution is -0.115. The molecule has 26 heavy (non-hydrogen) atoms. The molecule has 0 saturated carbocycles. The number of nitrogens with zero attached hydrogens (tertiary/aromatic N) is 3. The molecule has 0 aliphatic carbocycles. The van der Waals surface area contributed by atoms with Crippen LogP contribution in [0.3, 0.4) is 0 Å². The van der Waals surface area contributed by atoms with Gasteiger partial charge in [0.1, 0.15) is 5.82 Å². The van der Waals surface area contributed by atoms with E-state index in [0.29, 0.717) is 10.1 Å². The van der Waals surface area contributed by atoms with E-state index in [1.54, 1.807) is 0 Å². The first kappa shape index (κ1) is 16.6. The predicted molar refractivity (Wildman–Crippen MR) is 107 cm³/mol. The SMILES string of the molecule is Cc1ccc(N=C2NC(=O)/C(=C/c3nc(C)n4ccccc34)S2)c(C)c1. The molecule has 4 rings (SSSR count). The lowest BCUT2D eigenvalue weighted by Crippen LogP contribution is -2.19. The Balaban J connectivity index is 1.67. The molecule has 0 radical (unpaired) electrons. The molecule has 1 saturated heterocycles. The van der Waals surface area contributed by atoms with Gasteiger partial charge in [-0.15, -0.1) is 0 Å². The predicted octanol–water partition coefficient (Wildman–Crippen LogP) is 4.15. The second-order valence-electron chi connectivity index (χ2n) is 6.27. The number of pyridine rings is 1. The normalized spacial score (nSPS) is 17.4. The Labute approximate surface area is 155 Å². The van der Waals surface area contributed by atoms with Crippen LogP contribution in [0.2, 0.25) is 0 Å². The van der Waals surface area contributed by atoms with Crippen LogP contribution in [0.5, 0.6) is 0 Å². The largest absolute Gasteiger partial charge is 0.303 e. The molecule has 1 aliphatic rings. The topological polar surface area (TPSA) is 58.8 Å². The van der Waals surface area contributed by atoms with E-state index < -0.39 is 0 Å². The van der Waals surface area contributed by atoms with E-state index in [-0.39, 0.29) is 5.91 Å². The van der Waals surface area contributed by atoms with Crippen molar-refractivity contribution in [1.82, 2.24) is 14.7 Å². The Bertz CT molecular complexity index is 1090. The number of hydrogen-bond donors (Lipinski definition) is 1. The molecule has 0 bridgehead atoms. The highest BCUT2D eigenvalue weighted by molar-refractivity contribution is 8.18. The average Bonchev–Trinajstić information content (AvgIpc) is 3.11. The molecule has 3 aromatic rings. The molecule has 5 nitrogen and oxygen atoms in total. The zero-order valence-electron chi connectivity index (χ0n) is 14.8. The highest BCUT2D eigenvalue weighted by atomic mass is 32.2. The number of nitrogens with one attached hydrogen (secondary N) is 1. The van der Waals surface area contributed by atoms with Gasteiger partial charge in [-0.2, -0.15) is 0 Å². The first-order chi connectivity index (χ1) is 12.5. The van der Waals surface area contributed by atoms with Crippen molar-refractivity contribution in [1.29, 1.82) is 0 Å². The number of aromatic nitrogens is 2. The minimum atomic E-state index is -0.145. The third-order valence-electron chi connectivity index (χ3n) is 4.25. The van der Waals surface area contributed by atoms with Gasteiger partial charge in [-0.25, -0.2) is 9.98 Å². The Hall–Kier alpha value is -2.86. The number of fused-ring (bicyclic) bond motifs is 1. The molecule has 0 unspecified atom stereocenters. The molecule has 0 atom stereocenters. The minimum absolute atomic E-state index is 0.145. The van der Waals surface area contributed by atoms with Crippen molar-refractivity contribution in [2.24, 2.45) is 4.99 Å². The van der Waals surface area contributed by atoms with E-state index in [0.717, 1.165) is 28.3 Å². The van der Waals surface area contributed by atoms with E-state index in [9.17, 15) is 4.79 Å². The lowest BCUT2D eigenvalue weighted by Gasteiger charge is -2.02. The Morgan fingerprint density at radius 2 is 2.04 bits per heavy atom. The molecule has 1 aliphatic heterocycles. The van der Waals surface area contributed by atoms with Gasteiger partial charge < -0.3 is 9.72 Å². The molecule has 1 aromatic carbocycles. The fourth-order valence-electron chi connectivity index (χ4n) is 2.97. The molecule has 3 heterocycles. The van der Waals surface area contributed by atoms with Gasteiger partial charge in [0.05, 0.1) is 21.8 Å². The van der Waals surface area contributed by atoms with Crippen molar-refractivity contribution in [2.45, 2.75) is 20.8 Å². The molecule has 1 amide bonds. The molecule has 6 heteroatoms. The van der Waals surface area contributed by atoms with E-state index in [1.165, 1.54) is 17.3 Å². The van der Waals surface area contributed by atoms with Gasteiger partial charge in [-0.05, 0) is 62.4 Å². The van der Waals surface area contributed by atoms with Crippen LogP contribution in [-0.2, 0) is 4.79 Å². The fraction of sp³-hybridized carbons (Fsp3) is 0.150. The Kier molecular flexibility index (Phi) is 4.12. The number of carbonyl (C=O) groups is 1. The van der Waals surface area contributed by atoms with E-state index >= 15 is 0 Å². The van der Waals surface area contributed by atoms with Crippen LogP contribution in [0.4, 0.5) is 5.69 Å². The summed E-state index contributed by atoms with van der Waals surface area (Å²) < 4.78 is 2.01. The summed E-state index contributed by atoms with van der Waals surface area (Å²) in [5.74, 6) is 0.744. The second kappa shape index (κ2) is 6.46. The quantitative estimate of drug-likeness (QED) is 0.697. The average molecular weight is 362 g/mol. The molecular weight excluding hydrogens is 344 g/mol. The monoisotopic (exact) mass is 362 g/mol. The number of carbonyl (C=O) groups excluding carboxylic acids is 1. The summed E-state index contributed by atoms with van der Waals surface area (Å²) in [6.45, 7) is 6.02. The van der Waals surface area contributed by atoms with Crippen molar-refractivity contribution in [3.63, 3.8) is 0 Å². The number of amidine groups is 1. The van der Waals surface area contributed by atoms with Crippen molar-refractivity contribution in [2.75, 3.05) is 0 Å². The molecule has 130 valence electrons. The van der Waals surface area contributed by atoms with Crippen LogP contribution in [0.25, 0.3) is 11.6 Å². The van der Waals surface area contributed by atoms with E-state index in [2.05, 4.69) is 21.4 Å². The number of amides is 1. The van der Waals surface area contributed by atoms with Crippen molar-refractivity contribution in [3.8, 4) is 0 Å². The number of thioether (sulfide) groups is 1. The lowest BCUT2D eigenvalue weighted by atomic mass is 10.1. The first-order valence-corrected chi connectivity index (χ1v) is 9.13. The summed E-state index contributed by atoms with van der Waals surface area (Å²) in [6, 6.07) is 12.0. The third kappa shape index (κ3) is 3.04. The summed E-state index contributed by atoms with van der Waals surface area (Å²) >= 11 is 1.34. The number of aliphatic imine (C=N–C) groups is 1. The summed E-state index contributed by atoms with van der Waals surface area (Å²) in [6.07, 6.45) is 3.79. The van der Waals surface area contributed by atoms with Gasteiger partial charge in [0, 0.05) is 6.20 Å². The molecule has 0 spiro atoms. The van der Waals surface area contributed by atoms with Gasteiger partial charge in [-0.3, -0.25) is 4.79 Å². The van der Waals surface area contributed by atoms with Gasteiger partial charge in [0.15, 0.2) is 5.17 Å². The highest BCUT2D eigenvalue weighted by Crippen LogP contribution is 2.30.